The third-order valence-electron chi connectivity index (χ3n) is 2.38. The second kappa shape index (κ2) is 3.84. The molecule has 1 aliphatic rings. The molecule has 0 bridgehead atoms. The van der Waals surface area contributed by atoms with Gasteiger partial charge in [-0.1, -0.05) is 0 Å². The standard InChI is InChI=1S/C10H12N2O2/c1-14-10(7-2-3-7)9(13)8-6-11-4-5-12-8/h4-7,10H,2-3H2,1H3. The van der Waals surface area contributed by atoms with Gasteiger partial charge in [-0.15, -0.1) is 0 Å². The molecule has 1 heterocycles. The maximum absolute atomic E-state index is 11.8. The van der Waals surface area contributed by atoms with Gasteiger partial charge in [0, 0.05) is 19.5 Å². The lowest BCUT2D eigenvalue weighted by molar-refractivity contribution is 0.0534. The average molecular weight is 192 g/mol. The average Bonchev–Trinajstić information content (AvgIpc) is 3.04. The van der Waals surface area contributed by atoms with E-state index in [0.29, 0.717) is 11.6 Å². The van der Waals surface area contributed by atoms with Gasteiger partial charge in [0.05, 0.1) is 6.20 Å². The second-order valence-electron chi connectivity index (χ2n) is 3.45. The summed E-state index contributed by atoms with van der Waals surface area (Å²) in [4.78, 5) is 19.7. The molecule has 0 amide bonds. The summed E-state index contributed by atoms with van der Waals surface area (Å²) >= 11 is 0. The number of hydrogen-bond donors (Lipinski definition) is 0. The highest BCUT2D eigenvalue weighted by Crippen LogP contribution is 2.35. The van der Waals surface area contributed by atoms with E-state index in [1.54, 1.807) is 13.3 Å². The highest BCUT2D eigenvalue weighted by atomic mass is 16.5. The van der Waals surface area contributed by atoms with E-state index >= 15 is 0 Å². The first-order valence-corrected chi connectivity index (χ1v) is 4.66. The number of methoxy groups -OCH3 is 1. The molecule has 0 aliphatic heterocycles. The fraction of sp³-hybridized carbons (Fsp3) is 0.500. The zero-order valence-electron chi connectivity index (χ0n) is 8.01. The van der Waals surface area contributed by atoms with Crippen LogP contribution in [0, 0.1) is 5.92 Å². The van der Waals surface area contributed by atoms with Gasteiger partial charge in [0.1, 0.15) is 11.8 Å². The largest absolute Gasteiger partial charge is 0.373 e. The molecule has 0 radical (unpaired) electrons. The highest BCUT2D eigenvalue weighted by Gasteiger charge is 2.37. The van der Waals surface area contributed by atoms with Crippen molar-refractivity contribution in [2.75, 3.05) is 7.11 Å². The minimum Gasteiger partial charge on any atom is -0.373 e. The zero-order chi connectivity index (χ0) is 9.97. The molecule has 1 aromatic rings. The molecule has 2 rings (SSSR count). The first kappa shape index (κ1) is 9.27. The van der Waals surface area contributed by atoms with E-state index in [4.69, 9.17) is 4.74 Å². The third-order valence-corrected chi connectivity index (χ3v) is 2.38. The minimum absolute atomic E-state index is 0.0527. The number of Topliss-reactive ketones (excluding diaryl/α,β-unsaturated/α-hetero) is 1. The molecule has 1 atom stereocenters. The molecule has 14 heavy (non-hydrogen) atoms. The van der Waals surface area contributed by atoms with Crippen molar-refractivity contribution in [3.8, 4) is 0 Å². The van der Waals surface area contributed by atoms with E-state index in [0.717, 1.165) is 12.8 Å². The summed E-state index contributed by atoms with van der Waals surface area (Å²) in [6.45, 7) is 0. The second-order valence-corrected chi connectivity index (χ2v) is 3.45. The first-order chi connectivity index (χ1) is 6.83. The summed E-state index contributed by atoms with van der Waals surface area (Å²) in [7, 11) is 1.57. The molecular weight excluding hydrogens is 180 g/mol. The van der Waals surface area contributed by atoms with Crippen molar-refractivity contribution in [2.24, 2.45) is 5.92 Å². The van der Waals surface area contributed by atoms with Crippen molar-refractivity contribution >= 4 is 5.78 Å². The Hall–Kier alpha value is -1.29. The Kier molecular flexibility index (Phi) is 2.54. The lowest BCUT2D eigenvalue weighted by Gasteiger charge is -2.11. The smallest absolute Gasteiger partial charge is 0.211 e. The first-order valence-electron chi connectivity index (χ1n) is 4.66. The van der Waals surface area contributed by atoms with E-state index in [1.807, 2.05) is 0 Å². The van der Waals surface area contributed by atoms with Crippen LogP contribution in [0.5, 0.6) is 0 Å². The van der Waals surface area contributed by atoms with Gasteiger partial charge >= 0.3 is 0 Å². The van der Waals surface area contributed by atoms with Crippen LogP contribution in [-0.2, 0) is 4.74 Å². The summed E-state index contributed by atoms with van der Waals surface area (Å²) in [6, 6.07) is 0. The Bertz CT molecular complexity index is 322. The van der Waals surface area contributed by atoms with E-state index in [1.165, 1.54) is 12.4 Å². The third kappa shape index (κ3) is 1.80. The van der Waals surface area contributed by atoms with Gasteiger partial charge in [-0.3, -0.25) is 9.78 Å². The Labute approximate surface area is 82.3 Å². The van der Waals surface area contributed by atoms with Crippen LogP contribution < -0.4 is 0 Å². The number of rotatable bonds is 4. The number of carbonyl (C=O) groups is 1. The molecule has 74 valence electrons. The number of ether oxygens (including phenoxy) is 1. The van der Waals surface area contributed by atoms with Crippen LogP contribution in [0.3, 0.4) is 0 Å². The number of aromatic nitrogens is 2. The van der Waals surface area contributed by atoms with Crippen molar-refractivity contribution in [1.29, 1.82) is 0 Å². The molecule has 1 aliphatic carbocycles. The van der Waals surface area contributed by atoms with E-state index < -0.39 is 0 Å². The van der Waals surface area contributed by atoms with Crippen LogP contribution >= 0.6 is 0 Å². The maximum atomic E-state index is 11.8. The Morgan fingerprint density at radius 3 is 2.86 bits per heavy atom. The lowest BCUT2D eigenvalue weighted by Crippen LogP contribution is -2.26. The van der Waals surface area contributed by atoms with Crippen molar-refractivity contribution < 1.29 is 9.53 Å². The van der Waals surface area contributed by atoms with Crippen molar-refractivity contribution in [3.05, 3.63) is 24.3 Å². The Morgan fingerprint density at radius 1 is 1.57 bits per heavy atom. The number of hydrogen-bond acceptors (Lipinski definition) is 4. The topological polar surface area (TPSA) is 52.1 Å². The Balaban J connectivity index is 2.14. The van der Waals surface area contributed by atoms with Crippen LogP contribution in [0.15, 0.2) is 18.6 Å². The predicted molar refractivity (Wildman–Crippen MR) is 49.9 cm³/mol. The van der Waals surface area contributed by atoms with E-state index in [-0.39, 0.29) is 11.9 Å². The molecule has 1 aromatic heterocycles. The Morgan fingerprint density at radius 2 is 2.36 bits per heavy atom. The van der Waals surface area contributed by atoms with Crippen LogP contribution in [0.4, 0.5) is 0 Å². The number of ketones is 1. The van der Waals surface area contributed by atoms with Crippen LogP contribution in [0.25, 0.3) is 0 Å². The molecule has 0 aromatic carbocycles. The monoisotopic (exact) mass is 192 g/mol. The van der Waals surface area contributed by atoms with E-state index in [2.05, 4.69) is 9.97 Å². The van der Waals surface area contributed by atoms with Crippen molar-refractivity contribution in [1.82, 2.24) is 9.97 Å². The van der Waals surface area contributed by atoms with Crippen molar-refractivity contribution in [3.63, 3.8) is 0 Å². The van der Waals surface area contributed by atoms with Gasteiger partial charge in [0.15, 0.2) is 0 Å². The van der Waals surface area contributed by atoms with Gasteiger partial charge in [0.2, 0.25) is 5.78 Å². The quantitative estimate of drug-likeness (QED) is 0.670. The molecule has 1 saturated carbocycles. The molecule has 0 saturated heterocycles. The summed E-state index contributed by atoms with van der Waals surface area (Å²) in [5.74, 6) is 0.331. The lowest BCUT2D eigenvalue weighted by atomic mass is 10.1. The molecule has 0 spiro atoms. The van der Waals surface area contributed by atoms with E-state index in [9.17, 15) is 4.79 Å². The predicted octanol–water partition coefficient (Wildman–Crippen LogP) is 1.08. The van der Waals surface area contributed by atoms with Gasteiger partial charge in [-0.05, 0) is 18.8 Å². The molecule has 0 N–H and O–H groups in total. The summed E-state index contributed by atoms with van der Waals surface area (Å²) in [6.07, 6.45) is 6.38. The SMILES string of the molecule is COC(C(=O)c1cnccn1)C1CC1. The van der Waals surface area contributed by atoms with Gasteiger partial charge < -0.3 is 4.74 Å². The highest BCUT2D eigenvalue weighted by molar-refractivity contribution is 5.97. The normalized spacial score (nSPS) is 17.8. The fourth-order valence-electron chi connectivity index (χ4n) is 1.48. The van der Waals surface area contributed by atoms with Crippen LogP contribution in [0.1, 0.15) is 23.3 Å². The van der Waals surface area contributed by atoms with Gasteiger partial charge in [0.25, 0.3) is 0 Å². The molecule has 1 unspecified atom stereocenters. The molecular formula is C10H12N2O2. The number of carbonyl (C=O) groups excluding carboxylic acids is 1. The van der Waals surface area contributed by atoms with Crippen molar-refractivity contribution in [2.45, 2.75) is 18.9 Å². The number of nitrogens with zero attached hydrogens (tertiary/aromatic N) is 2. The summed E-state index contributed by atoms with van der Waals surface area (Å²) in [5.41, 5.74) is 0.395. The summed E-state index contributed by atoms with van der Waals surface area (Å²) in [5, 5.41) is 0. The molecule has 1 fully saturated rings. The minimum atomic E-state index is -0.327. The van der Waals surface area contributed by atoms with Gasteiger partial charge in [-0.25, -0.2) is 4.98 Å². The van der Waals surface area contributed by atoms with Gasteiger partial charge in [-0.2, -0.15) is 0 Å². The summed E-state index contributed by atoms with van der Waals surface area (Å²) < 4.78 is 5.17. The fourth-order valence-corrected chi connectivity index (χ4v) is 1.48. The zero-order valence-corrected chi connectivity index (χ0v) is 8.01. The molecule has 4 nitrogen and oxygen atoms in total. The van der Waals surface area contributed by atoms with Crippen LogP contribution in [-0.4, -0.2) is 29.0 Å². The molecule has 4 heteroatoms. The van der Waals surface area contributed by atoms with Crippen LogP contribution in [0.2, 0.25) is 0 Å². The maximum Gasteiger partial charge on any atom is 0.211 e.